The van der Waals surface area contributed by atoms with Crippen LogP contribution in [-0.4, -0.2) is 52.8 Å². The first-order valence-corrected chi connectivity index (χ1v) is 11.6. The van der Waals surface area contributed by atoms with Gasteiger partial charge in [0, 0.05) is 39.8 Å². The van der Waals surface area contributed by atoms with E-state index >= 15 is 0 Å². The standard InChI is InChI=1S/C21H22N6O5S/c1-25-11-5-8-17(25)24-33(31,32)14-7-4-6-13(12-14)22-19(28)16-10-9-15-18(23-16)26(2)21(30)27(3)20(15)29/h4,6-7,9-10,12H,5,8,11H2,1-3H3,(H,22,28)/b24-17+. The van der Waals surface area contributed by atoms with Crippen molar-refractivity contribution in [3.63, 3.8) is 0 Å². The highest BCUT2D eigenvalue weighted by Crippen LogP contribution is 2.20. The lowest BCUT2D eigenvalue weighted by Crippen LogP contribution is -2.37. The van der Waals surface area contributed by atoms with Gasteiger partial charge in [-0.05, 0) is 36.8 Å². The molecule has 0 atom stereocenters. The molecule has 1 aliphatic heterocycles. The number of anilines is 1. The molecule has 1 saturated heterocycles. The van der Waals surface area contributed by atoms with Gasteiger partial charge in [0.15, 0.2) is 0 Å². The first-order chi connectivity index (χ1) is 15.6. The molecule has 1 fully saturated rings. The summed E-state index contributed by atoms with van der Waals surface area (Å²) in [5, 5.41) is 2.80. The van der Waals surface area contributed by atoms with Gasteiger partial charge >= 0.3 is 5.69 Å². The van der Waals surface area contributed by atoms with Crippen LogP contribution in [0.15, 0.2) is 55.3 Å². The van der Waals surface area contributed by atoms with Gasteiger partial charge in [-0.1, -0.05) is 6.07 Å². The number of likely N-dealkylation sites (tertiary alicyclic amines) is 1. The highest BCUT2D eigenvalue weighted by molar-refractivity contribution is 7.90. The maximum absolute atomic E-state index is 12.8. The van der Waals surface area contributed by atoms with Crippen LogP contribution in [0.5, 0.6) is 0 Å². The predicted octanol–water partition coefficient (Wildman–Crippen LogP) is 0.697. The van der Waals surface area contributed by atoms with E-state index in [4.69, 9.17) is 0 Å². The average Bonchev–Trinajstić information content (AvgIpc) is 3.19. The van der Waals surface area contributed by atoms with E-state index in [0.717, 1.165) is 17.5 Å². The van der Waals surface area contributed by atoms with E-state index in [1.807, 2.05) is 0 Å². The molecule has 0 bridgehead atoms. The second-order valence-electron chi connectivity index (χ2n) is 7.76. The zero-order valence-electron chi connectivity index (χ0n) is 18.3. The van der Waals surface area contributed by atoms with Crippen molar-refractivity contribution in [1.29, 1.82) is 0 Å². The SMILES string of the molecule is CN1CCC/C1=N\S(=O)(=O)c1cccc(NC(=O)c2ccc3c(=O)n(C)c(=O)n(C)c3n2)c1. The zero-order chi connectivity index (χ0) is 23.9. The van der Waals surface area contributed by atoms with Crippen molar-refractivity contribution in [2.75, 3.05) is 18.9 Å². The van der Waals surface area contributed by atoms with Gasteiger partial charge in [-0.2, -0.15) is 8.42 Å². The molecule has 12 heteroatoms. The number of nitrogens with one attached hydrogen (secondary N) is 1. The number of fused-ring (bicyclic) bond motifs is 1. The second-order valence-corrected chi connectivity index (χ2v) is 9.37. The quantitative estimate of drug-likeness (QED) is 0.593. The number of aromatic nitrogens is 3. The lowest BCUT2D eigenvalue weighted by atomic mass is 10.2. The Labute approximate surface area is 189 Å². The van der Waals surface area contributed by atoms with E-state index in [1.165, 1.54) is 55.1 Å². The van der Waals surface area contributed by atoms with Gasteiger partial charge in [0.25, 0.3) is 21.5 Å². The minimum absolute atomic E-state index is 0.0353. The van der Waals surface area contributed by atoms with E-state index in [-0.39, 0.29) is 27.3 Å². The number of pyridine rings is 1. The molecule has 33 heavy (non-hydrogen) atoms. The number of sulfonamides is 1. The highest BCUT2D eigenvalue weighted by Gasteiger charge is 2.21. The monoisotopic (exact) mass is 470 g/mol. The number of amidine groups is 1. The van der Waals surface area contributed by atoms with Crippen LogP contribution in [0.1, 0.15) is 23.3 Å². The summed E-state index contributed by atoms with van der Waals surface area (Å²) in [7, 11) is 0.666. The van der Waals surface area contributed by atoms with Crippen LogP contribution < -0.4 is 16.6 Å². The van der Waals surface area contributed by atoms with Crippen molar-refractivity contribution in [3.8, 4) is 0 Å². The Bertz CT molecular complexity index is 1540. The van der Waals surface area contributed by atoms with Crippen molar-refractivity contribution in [2.24, 2.45) is 18.5 Å². The highest BCUT2D eigenvalue weighted by atomic mass is 32.2. The van der Waals surface area contributed by atoms with Gasteiger partial charge in [-0.3, -0.25) is 18.7 Å². The summed E-state index contributed by atoms with van der Waals surface area (Å²) in [6.07, 6.45) is 1.43. The molecule has 1 N–H and O–H groups in total. The molecular formula is C21H22N6O5S. The van der Waals surface area contributed by atoms with Crippen molar-refractivity contribution in [3.05, 3.63) is 62.9 Å². The minimum Gasteiger partial charge on any atom is -0.362 e. The number of aryl methyl sites for hydroxylation is 1. The smallest absolute Gasteiger partial charge is 0.332 e. The molecule has 172 valence electrons. The third kappa shape index (κ3) is 4.16. The summed E-state index contributed by atoms with van der Waals surface area (Å²) >= 11 is 0. The number of nitrogens with zero attached hydrogens (tertiary/aromatic N) is 5. The molecule has 1 aliphatic rings. The summed E-state index contributed by atoms with van der Waals surface area (Å²) in [5.41, 5.74) is -0.804. The Hall–Kier alpha value is -3.80. The van der Waals surface area contributed by atoms with Crippen LogP contribution in [0.25, 0.3) is 11.0 Å². The molecule has 0 unspecified atom stereocenters. The number of hydrogen-bond acceptors (Lipinski definition) is 6. The third-order valence-electron chi connectivity index (χ3n) is 5.48. The van der Waals surface area contributed by atoms with Gasteiger partial charge in [0.2, 0.25) is 0 Å². The van der Waals surface area contributed by atoms with Crippen LogP contribution in [0, 0.1) is 0 Å². The lowest BCUT2D eigenvalue weighted by molar-refractivity contribution is 0.102. The molecular weight excluding hydrogens is 448 g/mol. The first kappa shape index (κ1) is 22.4. The molecule has 11 nitrogen and oxygen atoms in total. The molecule has 0 saturated carbocycles. The molecule has 4 rings (SSSR count). The fourth-order valence-corrected chi connectivity index (χ4v) is 4.75. The molecule has 2 aromatic heterocycles. The van der Waals surface area contributed by atoms with Crippen LogP contribution in [0.4, 0.5) is 5.69 Å². The van der Waals surface area contributed by atoms with Crippen LogP contribution in [0.2, 0.25) is 0 Å². The third-order valence-corrected chi connectivity index (χ3v) is 6.78. The summed E-state index contributed by atoms with van der Waals surface area (Å²) in [4.78, 5) is 43.1. The van der Waals surface area contributed by atoms with Crippen molar-refractivity contribution < 1.29 is 13.2 Å². The zero-order valence-corrected chi connectivity index (χ0v) is 19.1. The maximum Gasteiger partial charge on any atom is 0.332 e. The topological polar surface area (TPSA) is 136 Å². The minimum atomic E-state index is -3.94. The lowest BCUT2D eigenvalue weighted by Gasteiger charge is -2.11. The van der Waals surface area contributed by atoms with Crippen LogP contribution in [-0.2, 0) is 24.1 Å². The number of amides is 1. The molecule has 3 heterocycles. The summed E-state index contributed by atoms with van der Waals surface area (Å²) < 4.78 is 31.5. The number of rotatable bonds is 4. The summed E-state index contributed by atoms with van der Waals surface area (Å²) in [6.45, 7) is 0.751. The summed E-state index contributed by atoms with van der Waals surface area (Å²) in [6, 6.07) is 8.56. The van der Waals surface area contributed by atoms with Gasteiger partial charge in [-0.15, -0.1) is 4.40 Å². The van der Waals surface area contributed by atoms with Gasteiger partial charge in [0.05, 0.1) is 10.3 Å². The molecule has 3 aromatic rings. The number of carbonyl (C=O) groups excluding carboxylic acids is 1. The molecule has 0 radical (unpaired) electrons. The maximum atomic E-state index is 12.8. The van der Waals surface area contributed by atoms with Gasteiger partial charge in [0.1, 0.15) is 17.2 Å². The number of benzene rings is 1. The predicted molar refractivity (Wildman–Crippen MR) is 123 cm³/mol. The normalized spacial score (nSPS) is 15.4. The van der Waals surface area contributed by atoms with Crippen molar-refractivity contribution >= 4 is 38.5 Å². The molecule has 0 aliphatic carbocycles. The van der Waals surface area contributed by atoms with E-state index in [2.05, 4.69) is 14.7 Å². The molecule has 0 spiro atoms. The van der Waals surface area contributed by atoms with E-state index in [0.29, 0.717) is 12.3 Å². The van der Waals surface area contributed by atoms with Crippen LogP contribution in [0.3, 0.4) is 0 Å². The Morgan fingerprint density at radius 1 is 1.09 bits per heavy atom. The Morgan fingerprint density at radius 3 is 2.55 bits per heavy atom. The average molecular weight is 471 g/mol. The fourth-order valence-electron chi connectivity index (χ4n) is 3.61. The molecule has 1 aromatic carbocycles. The fraction of sp³-hybridized carbons (Fsp3) is 0.286. The van der Waals surface area contributed by atoms with Crippen LogP contribution >= 0.6 is 0 Å². The first-order valence-electron chi connectivity index (χ1n) is 10.1. The Morgan fingerprint density at radius 2 is 1.85 bits per heavy atom. The van der Waals surface area contributed by atoms with Crippen molar-refractivity contribution in [1.82, 2.24) is 19.0 Å². The number of hydrogen-bond donors (Lipinski definition) is 1. The molecule has 1 amide bonds. The van der Waals surface area contributed by atoms with E-state index in [9.17, 15) is 22.8 Å². The van der Waals surface area contributed by atoms with Gasteiger partial charge in [-0.25, -0.2) is 9.78 Å². The van der Waals surface area contributed by atoms with Gasteiger partial charge < -0.3 is 10.2 Å². The second kappa shape index (κ2) is 8.28. The largest absolute Gasteiger partial charge is 0.362 e. The summed E-state index contributed by atoms with van der Waals surface area (Å²) in [5.74, 6) is -0.122. The van der Waals surface area contributed by atoms with E-state index in [1.54, 1.807) is 11.9 Å². The Balaban J connectivity index is 1.64. The van der Waals surface area contributed by atoms with Crippen molar-refractivity contribution in [2.45, 2.75) is 17.7 Å². The van der Waals surface area contributed by atoms with E-state index < -0.39 is 27.2 Å². The number of carbonyl (C=O) groups is 1. The Kier molecular flexibility index (Phi) is 5.62.